The van der Waals surface area contributed by atoms with Crippen LogP contribution in [-0.2, 0) is 28.3 Å². The molecule has 0 amide bonds. The van der Waals surface area contributed by atoms with Crippen LogP contribution in [0.5, 0.6) is 0 Å². The summed E-state index contributed by atoms with van der Waals surface area (Å²) in [6, 6.07) is 18.4. The Morgan fingerprint density at radius 1 is 1.13 bits per heavy atom. The smallest absolute Gasteiger partial charge is 0.371 e. The first-order valence-electron chi connectivity index (χ1n) is 13.4. The van der Waals surface area contributed by atoms with Crippen LogP contribution in [0.2, 0.25) is 0 Å². The summed E-state index contributed by atoms with van der Waals surface area (Å²) in [5.74, 6) is 0. The van der Waals surface area contributed by atoms with Crippen LogP contribution in [0.1, 0.15) is 56.8 Å². The molecule has 0 spiro atoms. The number of piperidine rings is 1. The molecular weight excluding hydrogens is 492 g/mol. The quantitative estimate of drug-likeness (QED) is 0.378. The number of benzene rings is 2. The molecule has 6 rings (SSSR count). The van der Waals surface area contributed by atoms with Gasteiger partial charge in [-0.05, 0) is 44.2 Å². The minimum atomic E-state index is -1.02. The van der Waals surface area contributed by atoms with Crippen molar-refractivity contribution in [3.8, 4) is 17.5 Å². The van der Waals surface area contributed by atoms with Gasteiger partial charge in [-0.25, -0.2) is 0 Å². The van der Waals surface area contributed by atoms with Gasteiger partial charge in [0.1, 0.15) is 11.4 Å². The van der Waals surface area contributed by atoms with E-state index >= 15 is 0 Å². The lowest BCUT2D eigenvalue weighted by molar-refractivity contribution is -0.191. The molecule has 0 unspecified atom stereocenters. The second-order valence-electron chi connectivity index (χ2n) is 10.7. The summed E-state index contributed by atoms with van der Waals surface area (Å²) in [5.41, 5.74) is 4.08. The molecule has 3 atom stereocenters. The third-order valence-electron chi connectivity index (χ3n) is 8.44. The van der Waals surface area contributed by atoms with Crippen molar-refractivity contribution in [1.29, 1.82) is 5.26 Å². The molecule has 2 aliphatic rings. The molecule has 0 radical (unpaired) electrons. The van der Waals surface area contributed by atoms with Gasteiger partial charge in [0, 0.05) is 41.6 Å². The number of hydrogen-bond acceptors (Lipinski definition) is 7. The fraction of sp³-hybridized carbons (Fsp3) is 0.400. The summed E-state index contributed by atoms with van der Waals surface area (Å²) in [6.45, 7) is 5.58. The maximum atomic E-state index is 11.9. The standard InChI is InChI=1S/C29H32N6O.CO2/c1-3-29-15-9-16-33(20-30)27(29)26-23(22-12-7-8-13-25(22)35(26)28(2,36)19-29)14-17-34-18-24(31-32-34)21-10-5-4-6-11-21;2-1-3/h4-8,10-13,18,27,36H,3,9,14-17,19H2,1-2H3;/t27-,28-,29+;/m1./s1. The molecule has 2 aromatic carbocycles. The van der Waals surface area contributed by atoms with Crippen LogP contribution in [0.4, 0.5) is 0 Å². The second-order valence-corrected chi connectivity index (χ2v) is 10.7. The maximum absolute atomic E-state index is 11.9. The van der Waals surface area contributed by atoms with Gasteiger partial charge in [0.25, 0.3) is 0 Å². The Labute approximate surface area is 227 Å². The number of nitriles is 1. The van der Waals surface area contributed by atoms with Crippen molar-refractivity contribution in [3.63, 3.8) is 0 Å². The zero-order chi connectivity index (χ0) is 27.6. The first kappa shape index (κ1) is 26.4. The number of hydrogen-bond donors (Lipinski definition) is 1. The van der Waals surface area contributed by atoms with Crippen LogP contribution >= 0.6 is 0 Å². The summed E-state index contributed by atoms with van der Waals surface area (Å²) in [7, 11) is 0. The number of carbonyl (C=O) groups excluding carboxylic acids is 2. The highest BCUT2D eigenvalue weighted by atomic mass is 16.3. The Morgan fingerprint density at radius 2 is 1.85 bits per heavy atom. The van der Waals surface area contributed by atoms with Crippen LogP contribution in [0.3, 0.4) is 0 Å². The number of rotatable bonds is 5. The summed E-state index contributed by atoms with van der Waals surface area (Å²) in [4.78, 5) is 18.2. The number of aromatic nitrogens is 4. The minimum Gasteiger partial charge on any atom is -0.371 e. The molecule has 1 saturated heterocycles. The van der Waals surface area contributed by atoms with Crippen molar-refractivity contribution < 1.29 is 14.7 Å². The van der Waals surface area contributed by atoms with Crippen LogP contribution < -0.4 is 0 Å². The molecule has 0 saturated carbocycles. The van der Waals surface area contributed by atoms with E-state index in [-0.39, 0.29) is 17.6 Å². The first-order chi connectivity index (χ1) is 18.9. The average molecular weight is 525 g/mol. The first-order valence-corrected chi connectivity index (χ1v) is 13.4. The van der Waals surface area contributed by atoms with E-state index in [0.717, 1.165) is 60.1 Å². The summed E-state index contributed by atoms with van der Waals surface area (Å²) in [6.07, 6.45) is 9.07. The Hall–Kier alpha value is -4.25. The SMILES string of the molecule is CC[C@@]12CCCN(C#N)[C@@H]1c1c(CCn3cc(-c4ccccc4)nn3)c3ccccc3n1[C@](C)(O)C2.O=C=O. The van der Waals surface area contributed by atoms with Gasteiger partial charge in [-0.3, -0.25) is 4.68 Å². The van der Waals surface area contributed by atoms with Crippen molar-refractivity contribution in [2.75, 3.05) is 6.54 Å². The number of fused-ring (bicyclic) bond motifs is 5. The van der Waals surface area contributed by atoms with Crippen LogP contribution in [0.25, 0.3) is 22.2 Å². The van der Waals surface area contributed by atoms with Gasteiger partial charge in [0.2, 0.25) is 0 Å². The predicted octanol–water partition coefficient (Wildman–Crippen LogP) is 4.64. The zero-order valence-electron chi connectivity index (χ0n) is 22.2. The maximum Gasteiger partial charge on any atom is 0.373 e. The molecule has 1 fully saturated rings. The van der Waals surface area contributed by atoms with E-state index in [2.05, 4.69) is 46.2 Å². The molecule has 1 N–H and O–H groups in total. The van der Waals surface area contributed by atoms with Gasteiger partial charge in [0.05, 0.1) is 17.8 Å². The monoisotopic (exact) mass is 524 g/mol. The number of aryl methyl sites for hydroxylation is 2. The van der Waals surface area contributed by atoms with Gasteiger partial charge in [-0.1, -0.05) is 60.7 Å². The van der Waals surface area contributed by atoms with Gasteiger partial charge in [-0.15, -0.1) is 5.10 Å². The lowest BCUT2D eigenvalue weighted by Crippen LogP contribution is -2.54. The van der Waals surface area contributed by atoms with Crippen LogP contribution in [0.15, 0.2) is 60.8 Å². The highest BCUT2D eigenvalue weighted by molar-refractivity contribution is 5.86. The summed E-state index contributed by atoms with van der Waals surface area (Å²) < 4.78 is 4.03. The van der Waals surface area contributed by atoms with Crippen LogP contribution in [-0.4, -0.2) is 42.3 Å². The van der Waals surface area contributed by atoms with E-state index in [0.29, 0.717) is 13.0 Å². The van der Waals surface area contributed by atoms with Crippen molar-refractivity contribution >= 4 is 17.1 Å². The third kappa shape index (κ3) is 4.52. The van der Waals surface area contributed by atoms with E-state index < -0.39 is 5.72 Å². The Morgan fingerprint density at radius 3 is 2.56 bits per heavy atom. The Kier molecular flexibility index (Phi) is 7.09. The number of para-hydroxylation sites is 1. The molecule has 0 bridgehead atoms. The fourth-order valence-electron chi connectivity index (χ4n) is 6.94. The van der Waals surface area contributed by atoms with Crippen molar-refractivity contribution in [2.24, 2.45) is 5.41 Å². The molecule has 200 valence electrons. The number of aliphatic hydroxyl groups is 1. The van der Waals surface area contributed by atoms with E-state index in [4.69, 9.17) is 9.59 Å². The molecule has 9 nitrogen and oxygen atoms in total. The predicted molar refractivity (Wildman–Crippen MR) is 144 cm³/mol. The van der Waals surface area contributed by atoms with E-state index in [1.165, 1.54) is 5.56 Å². The van der Waals surface area contributed by atoms with Gasteiger partial charge in [0.15, 0.2) is 6.19 Å². The van der Waals surface area contributed by atoms with Crippen molar-refractivity contribution in [1.82, 2.24) is 24.5 Å². The summed E-state index contributed by atoms with van der Waals surface area (Å²) in [5, 5.41) is 32.0. The van der Waals surface area contributed by atoms with Crippen molar-refractivity contribution in [2.45, 2.75) is 64.3 Å². The molecule has 0 aliphatic carbocycles. The normalized spacial score (nSPS) is 23.6. The molecular formula is C30H32N6O3. The Balaban J connectivity index is 0.000000983. The van der Waals surface area contributed by atoms with Crippen molar-refractivity contribution in [3.05, 3.63) is 72.1 Å². The Bertz CT molecular complexity index is 1540. The summed E-state index contributed by atoms with van der Waals surface area (Å²) >= 11 is 0. The second kappa shape index (κ2) is 10.5. The topological polar surface area (TPSA) is 117 Å². The van der Waals surface area contributed by atoms with E-state index in [9.17, 15) is 10.4 Å². The highest BCUT2D eigenvalue weighted by Gasteiger charge is 2.55. The minimum absolute atomic E-state index is 0.0421. The van der Waals surface area contributed by atoms with E-state index in [1.54, 1.807) is 0 Å². The molecule has 4 heterocycles. The van der Waals surface area contributed by atoms with Gasteiger partial charge >= 0.3 is 6.15 Å². The molecule has 2 aromatic heterocycles. The molecule has 2 aliphatic heterocycles. The largest absolute Gasteiger partial charge is 0.373 e. The number of likely N-dealkylation sites (tertiary alicyclic amines) is 1. The lowest BCUT2D eigenvalue weighted by Gasteiger charge is -2.55. The third-order valence-corrected chi connectivity index (χ3v) is 8.44. The molecule has 9 heteroatoms. The lowest BCUT2D eigenvalue weighted by atomic mass is 9.63. The van der Waals surface area contributed by atoms with Gasteiger partial charge < -0.3 is 14.6 Å². The fourth-order valence-corrected chi connectivity index (χ4v) is 6.94. The zero-order valence-corrected chi connectivity index (χ0v) is 22.2. The van der Waals surface area contributed by atoms with Gasteiger partial charge in [-0.2, -0.15) is 14.9 Å². The molecule has 4 aromatic rings. The molecule has 39 heavy (non-hydrogen) atoms. The van der Waals surface area contributed by atoms with E-state index in [1.807, 2.05) is 59.1 Å². The average Bonchev–Trinajstić information content (AvgIpc) is 3.55. The number of nitrogens with zero attached hydrogens (tertiary/aromatic N) is 6. The van der Waals surface area contributed by atoms with Crippen LogP contribution in [0, 0.1) is 16.9 Å². The highest BCUT2D eigenvalue weighted by Crippen LogP contribution is 2.59.